The minimum absolute atomic E-state index is 0.0212. The third kappa shape index (κ3) is 4.04. The fourth-order valence-electron chi connectivity index (χ4n) is 7.18. The molecule has 10 heteroatoms. The number of aliphatic hydroxyl groups is 1. The molecular formula is C22H36N8O2. The molecule has 6 aliphatic rings. The van der Waals surface area contributed by atoms with E-state index in [-0.39, 0.29) is 35.3 Å². The Kier molecular flexibility index (Phi) is 5.62. The third-order valence-corrected chi connectivity index (χ3v) is 8.20. The number of likely N-dealkylation sites (tertiary alicyclic amines) is 1. The van der Waals surface area contributed by atoms with E-state index in [1.807, 2.05) is 0 Å². The van der Waals surface area contributed by atoms with E-state index in [2.05, 4.69) is 11.1 Å². The van der Waals surface area contributed by atoms with Gasteiger partial charge in [-0.15, -0.1) is 0 Å². The zero-order valence-electron chi connectivity index (χ0n) is 19.0. The lowest BCUT2D eigenvalue weighted by Crippen LogP contribution is -2.64. The number of piperidine rings is 1. The number of guanidine groups is 2. The summed E-state index contributed by atoms with van der Waals surface area (Å²) in [6, 6.07) is 1.72. The normalized spacial score (nSPS) is 41.8. The van der Waals surface area contributed by atoms with Crippen molar-refractivity contribution >= 4 is 17.8 Å². The number of carbonyl (C=O) groups is 1. The number of nitrogens with two attached hydrogens (primary N) is 3. The fourth-order valence-corrected chi connectivity index (χ4v) is 7.18. The lowest BCUT2D eigenvalue weighted by molar-refractivity contribution is -0.177. The summed E-state index contributed by atoms with van der Waals surface area (Å²) in [5.41, 5.74) is 15.9. The van der Waals surface area contributed by atoms with Crippen molar-refractivity contribution in [1.29, 1.82) is 10.7 Å². The average molecular weight is 445 g/mol. The molecule has 0 aromatic rings. The lowest BCUT2D eigenvalue weighted by atomic mass is 9.46. The van der Waals surface area contributed by atoms with Gasteiger partial charge in [-0.25, -0.2) is 0 Å². The second kappa shape index (κ2) is 7.89. The van der Waals surface area contributed by atoms with Crippen molar-refractivity contribution in [2.24, 2.45) is 45.4 Å². The number of amides is 1. The van der Waals surface area contributed by atoms with Gasteiger partial charge in [0.2, 0.25) is 11.9 Å². The van der Waals surface area contributed by atoms with E-state index in [1.54, 1.807) is 23.9 Å². The van der Waals surface area contributed by atoms with Crippen LogP contribution >= 0.6 is 0 Å². The van der Waals surface area contributed by atoms with Gasteiger partial charge >= 0.3 is 0 Å². The molecule has 10 nitrogen and oxygen atoms in total. The van der Waals surface area contributed by atoms with Crippen molar-refractivity contribution in [3.05, 3.63) is 0 Å². The van der Waals surface area contributed by atoms with Gasteiger partial charge in [-0.3, -0.25) is 10.2 Å². The smallest absolute Gasteiger partial charge is 0.241 e. The summed E-state index contributed by atoms with van der Waals surface area (Å²) in [4.78, 5) is 20.0. The molecule has 6 atom stereocenters. The van der Waals surface area contributed by atoms with E-state index in [4.69, 9.17) is 22.6 Å². The minimum Gasteiger partial charge on any atom is -0.390 e. The number of carbonyl (C=O) groups excluding carboxylic acids is 1. The third-order valence-electron chi connectivity index (χ3n) is 8.20. The standard InChI is InChI=1S/C18H25N3O2.C4H11N5/c19-8-13-2-12-3-14(12)21(13)16(22)15(20)17-4-10-1-11(5-17)7-18(23,6-10)9-17;1-9(2)4(7)8-3(5)6/h10-15,23H,1-7,9,20H2;1-2H3,(H5,5,6,7,8). The first kappa shape index (κ1) is 22.8. The van der Waals surface area contributed by atoms with Crippen LogP contribution in [0.1, 0.15) is 51.4 Å². The summed E-state index contributed by atoms with van der Waals surface area (Å²) in [5.74, 6) is 1.52. The molecule has 176 valence electrons. The van der Waals surface area contributed by atoms with Crippen molar-refractivity contribution < 1.29 is 9.90 Å². The molecule has 0 radical (unpaired) electrons. The quantitative estimate of drug-likeness (QED) is 0.291. The lowest BCUT2D eigenvalue weighted by Gasteiger charge is -2.61. The zero-order chi connectivity index (χ0) is 23.4. The Morgan fingerprint density at radius 2 is 1.84 bits per heavy atom. The van der Waals surface area contributed by atoms with Crippen LogP contribution in [0.4, 0.5) is 0 Å². The summed E-state index contributed by atoms with van der Waals surface area (Å²) in [7, 11) is 3.45. The second-order valence-electron chi connectivity index (χ2n) is 11.0. The molecule has 0 spiro atoms. The van der Waals surface area contributed by atoms with Crippen LogP contribution in [0.3, 0.4) is 0 Å². The van der Waals surface area contributed by atoms with Crippen LogP contribution < -0.4 is 17.2 Å². The van der Waals surface area contributed by atoms with Crippen LogP contribution in [0.15, 0.2) is 4.99 Å². The molecule has 8 N–H and O–H groups in total. The molecule has 1 saturated heterocycles. The topological polar surface area (TPSA) is 182 Å². The Hall–Kier alpha value is -2.38. The van der Waals surface area contributed by atoms with Gasteiger partial charge in [-0.1, -0.05) is 0 Å². The van der Waals surface area contributed by atoms with Gasteiger partial charge < -0.3 is 32.1 Å². The predicted molar refractivity (Wildman–Crippen MR) is 120 cm³/mol. The van der Waals surface area contributed by atoms with Gasteiger partial charge in [0, 0.05) is 20.1 Å². The Labute approximate surface area is 189 Å². The van der Waals surface area contributed by atoms with Gasteiger partial charge in [0.1, 0.15) is 6.04 Å². The van der Waals surface area contributed by atoms with Crippen molar-refractivity contribution in [2.45, 2.75) is 75.1 Å². The van der Waals surface area contributed by atoms with Crippen molar-refractivity contribution in [3.8, 4) is 6.07 Å². The number of nitriles is 1. The van der Waals surface area contributed by atoms with Crippen molar-refractivity contribution in [2.75, 3.05) is 14.1 Å². The molecule has 6 rings (SSSR count). The molecule has 1 heterocycles. The molecule has 5 aliphatic carbocycles. The van der Waals surface area contributed by atoms with E-state index in [0.717, 1.165) is 38.5 Å². The van der Waals surface area contributed by atoms with Crippen LogP contribution in [0.2, 0.25) is 0 Å². The molecule has 1 amide bonds. The number of fused-ring (bicyclic) bond motifs is 1. The van der Waals surface area contributed by atoms with Gasteiger partial charge in [-0.2, -0.15) is 10.3 Å². The fraction of sp³-hybridized carbons (Fsp3) is 0.818. The number of hydrogen-bond donors (Lipinski definition) is 5. The monoisotopic (exact) mass is 444 g/mol. The first-order valence-corrected chi connectivity index (χ1v) is 11.5. The Balaban J connectivity index is 0.000000234. The van der Waals surface area contributed by atoms with Gasteiger partial charge in [0.15, 0.2) is 5.96 Å². The van der Waals surface area contributed by atoms with Crippen molar-refractivity contribution in [1.82, 2.24) is 9.80 Å². The second-order valence-corrected chi connectivity index (χ2v) is 11.0. The summed E-state index contributed by atoms with van der Waals surface area (Å²) in [5, 5.41) is 26.9. The molecule has 32 heavy (non-hydrogen) atoms. The highest BCUT2D eigenvalue weighted by Crippen LogP contribution is 2.63. The van der Waals surface area contributed by atoms with Gasteiger partial charge in [0.05, 0.1) is 17.7 Å². The summed E-state index contributed by atoms with van der Waals surface area (Å²) in [6.45, 7) is 0. The van der Waals surface area contributed by atoms with Crippen LogP contribution in [-0.4, -0.2) is 70.6 Å². The van der Waals surface area contributed by atoms with E-state index >= 15 is 0 Å². The van der Waals surface area contributed by atoms with Crippen molar-refractivity contribution in [3.63, 3.8) is 0 Å². The Bertz CT molecular complexity index is 850. The summed E-state index contributed by atoms with van der Waals surface area (Å²) < 4.78 is 0. The minimum atomic E-state index is -0.594. The van der Waals surface area contributed by atoms with Gasteiger partial charge in [-0.05, 0) is 74.5 Å². The summed E-state index contributed by atoms with van der Waals surface area (Å²) in [6.07, 6.45) is 7.48. The number of aliphatic imine (C=N–C) groups is 1. The first-order valence-electron chi connectivity index (χ1n) is 11.5. The highest BCUT2D eigenvalue weighted by molar-refractivity contribution is 5.91. The van der Waals surface area contributed by atoms with E-state index in [0.29, 0.717) is 24.2 Å². The molecule has 0 aromatic carbocycles. The molecule has 5 saturated carbocycles. The van der Waals surface area contributed by atoms with Crippen LogP contribution in [0, 0.1) is 39.9 Å². The predicted octanol–water partition coefficient (Wildman–Crippen LogP) is -0.0858. The maximum atomic E-state index is 13.1. The summed E-state index contributed by atoms with van der Waals surface area (Å²) >= 11 is 0. The maximum absolute atomic E-state index is 13.1. The molecule has 1 aliphatic heterocycles. The molecule has 6 fully saturated rings. The van der Waals surface area contributed by atoms with Crippen LogP contribution in [0.5, 0.6) is 0 Å². The Morgan fingerprint density at radius 3 is 2.31 bits per heavy atom. The molecule has 0 aromatic heterocycles. The largest absolute Gasteiger partial charge is 0.390 e. The molecule has 4 bridgehead atoms. The highest BCUT2D eigenvalue weighted by atomic mass is 16.3. The van der Waals surface area contributed by atoms with Gasteiger partial charge in [0.25, 0.3) is 0 Å². The Morgan fingerprint density at radius 1 is 1.22 bits per heavy atom. The first-order chi connectivity index (χ1) is 15.0. The highest BCUT2D eigenvalue weighted by Gasteiger charge is 2.62. The van der Waals surface area contributed by atoms with E-state index in [1.165, 1.54) is 6.42 Å². The number of hydrogen-bond acceptors (Lipinski definition) is 5. The zero-order valence-corrected chi connectivity index (χ0v) is 19.0. The van der Waals surface area contributed by atoms with E-state index < -0.39 is 11.6 Å². The number of rotatable bonds is 2. The van der Waals surface area contributed by atoms with E-state index in [9.17, 15) is 15.2 Å². The maximum Gasteiger partial charge on any atom is 0.241 e. The number of nitrogens with zero attached hydrogens (tertiary/aromatic N) is 4. The molecule has 6 unspecified atom stereocenters. The SMILES string of the molecule is CN(C)C(N)=NC(=N)N.N#CC1CC2CC2N1C(=O)C(N)C12CC3CC(CC(O)(C3)C1)C2. The van der Waals surface area contributed by atoms with Crippen LogP contribution in [0.25, 0.3) is 0 Å². The number of nitrogens with one attached hydrogen (secondary N) is 1. The molecular weight excluding hydrogens is 408 g/mol. The van der Waals surface area contributed by atoms with Crippen LogP contribution in [-0.2, 0) is 4.79 Å². The average Bonchev–Trinajstić information content (AvgIpc) is 3.34.